The van der Waals surface area contributed by atoms with Gasteiger partial charge in [0.15, 0.2) is 0 Å². The molecule has 2 atom stereocenters. The number of thioether (sulfide) groups is 1. The number of amides is 2. The van der Waals surface area contributed by atoms with Crippen LogP contribution in [0.5, 0.6) is 5.75 Å². The van der Waals surface area contributed by atoms with Crippen LogP contribution in [-0.4, -0.2) is 24.2 Å². The van der Waals surface area contributed by atoms with Gasteiger partial charge in [0.25, 0.3) is 0 Å². The summed E-state index contributed by atoms with van der Waals surface area (Å²) in [6, 6.07) is 15.5. The van der Waals surface area contributed by atoms with Crippen molar-refractivity contribution in [1.29, 1.82) is 0 Å². The third kappa shape index (κ3) is 5.62. The normalized spacial score (nSPS) is 16.9. The summed E-state index contributed by atoms with van der Waals surface area (Å²) in [7, 11) is 0. The quantitative estimate of drug-likeness (QED) is 0.491. The summed E-state index contributed by atoms with van der Waals surface area (Å²) in [5.74, 6) is 1.35. The summed E-state index contributed by atoms with van der Waals surface area (Å²) in [4.78, 5) is 27.1. The minimum Gasteiger partial charge on any atom is -0.492 e. The SMILES string of the molecule is CCCC[C@H](CC)C(=O)Nc1ccc([C@H]2SCC(=O)N2c2ccccc2OCC)cc1. The summed E-state index contributed by atoms with van der Waals surface area (Å²) in [6.07, 6.45) is 3.93. The van der Waals surface area contributed by atoms with Crippen molar-refractivity contribution in [1.82, 2.24) is 0 Å². The Hall–Kier alpha value is -2.47. The van der Waals surface area contributed by atoms with Gasteiger partial charge in [0.2, 0.25) is 11.8 Å². The number of benzene rings is 2. The third-order valence-electron chi connectivity index (χ3n) is 5.53. The van der Waals surface area contributed by atoms with Gasteiger partial charge < -0.3 is 10.1 Å². The predicted octanol–water partition coefficient (Wildman–Crippen LogP) is 6.02. The van der Waals surface area contributed by atoms with Crippen LogP contribution >= 0.6 is 11.8 Å². The number of unbranched alkanes of at least 4 members (excludes halogenated alkanes) is 1. The molecule has 1 saturated heterocycles. The molecule has 0 aliphatic carbocycles. The maximum absolute atomic E-state index is 12.7. The monoisotopic (exact) mass is 440 g/mol. The molecule has 6 heteroatoms. The fourth-order valence-electron chi connectivity index (χ4n) is 3.81. The molecule has 5 nitrogen and oxygen atoms in total. The van der Waals surface area contributed by atoms with Crippen molar-refractivity contribution in [2.75, 3.05) is 22.6 Å². The first kappa shape index (κ1) is 23.2. The zero-order valence-electron chi connectivity index (χ0n) is 18.6. The summed E-state index contributed by atoms with van der Waals surface area (Å²) in [5.41, 5.74) is 2.61. The van der Waals surface area contributed by atoms with Crippen molar-refractivity contribution in [2.24, 2.45) is 5.92 Å². The van der Waals surface area contributed by atoms with Crippen LogP contribution < -0.4 is 15.0 Å². The molecule has 1 N–H and O–H groups in total. The molecule has 2 amide bonds. The fourth-order valence-corrected chi connectivity index (χ4v) is 4.98. The lowest BCUT2D eigenvalue weighted by atomic mass is 9.98. The van der Waals surface area contributed by atoms with E-state index in [1.54, 1.807) is 11.8 Å². The number of rotatable bonds is 10. The highest BCUT2D eigenvalue weighted by Crippen LogP contribution is 2.44. The van der Waals surface area contributed by atoms with E-state index in [9.17, 15) is 9.59 Å². The van der Waals surface area contributed by atoms with Crippen LogP contribution in [0.25, 0.3) is 0 Å². The molecule has 0 radical (unpaired) electrons. The van der Waals surface area contributed by atoms with Crippen LogP contribution in [0.2, 0.25) is 0 Å². The van der Waals surface area contributed by atoms with Gasteiger partial charge in [-0.1, -0.05) is 51.0 Å². The summed E-state index contributed by atoms with van der Waals surface area (Å²) in [6.45, 7) is 6.69. The topological polar surface area (TPSA) is 58.6 Å². The molecule has 3 rings (SSSR count). The summed E-state index contributed by atoms with van der Waals surface area (Å²) in [5, 5.41) is 2.93. The summed E-state index contributed by atoms with van der Waals surface area (Å²) >= 11 is 1.60. The lowest BCUT2D eigenvalue weighted by molar-refractivity contribution is -0.120. The zero-order chi connectivity index (χ0) is 22.2. The van der Waals surface area contributed by atoms with E-state index in [-0.39, 0.29) is 23.1 Å². The van der Waals surface area contributed by atoms with Gasteiger partial charge in [0.1, 0.15) is 11.1 Å². The van der Waals surface area contributed by atoms with Gasteiger partial charge in [0.05, 0.1) is 18.0 Å². The van der Waals surface area contributed by atoms with E-state index < -0.39 is 0 Å². The molecule has 1 aliphatic heterocycles. The third-order valence-corrected chi connectivity index (χ3v) is 6.74. The standard InChI is InChI=1S/C25H32N2O3S/c1-4-7-10-18(5-2)24(29)26-20-15-13-19(14-16-20)25-27(23(28)17-31-25)21-11-8-9-12-22(21)30-6-3/h8-9,11-16,18,25H,4-7,10,17H2,1-3H3,(H,26,29)/t18-,25+/m0/s1. The van der Waals surface area contributed by atoms with Crippen molar-refractivity contribution >= 4 is 35.0 Å². The lowest BCUT2D eigenvalue weighted by Gasteiger charge is -2.26. The average Bonchev–Trinajstić information content (AvgIpc) is 3.16. The Kier molecular flexibility index (Phi) is 8.41. The number of para-hydroxylation sites is 2. The molecule has 2 aromatic carbocycles. The van der Waals surface area contributed by atoms with Gasteiger partial charge in [0, 0.05) is 11.6 Å². The highest BCUT2D eigenvalue weighted by atomic mass is 32.2. The van der Waals surface area contributed by atoms with Crippen LogP contribution in [0.3, 0.4) is 0 Å². The van der Waals surface area contributed by atoms with Crippen molar-refractivity contribution in [2.45, 2.75) is 51.8 Å². The Balaban J connectivity index is 1.75. The Labute approximate surface area is 189 Å². The maximum atomic E-state index is 12.7. The van der Waals surface area contributed by atoms with Gasteiger partial charge >= 0.3 is 0 Å². The highest BCUT2D eigenvalue weighted by Gasteiger charge is 2.35. The first-order valence-corrected chi connectivity index (χ1v) is 12.2. The largest absolute Gasteiger partial charge is 0.492 e. The number of ether oxygens (including phenoxy) is 1. The molecule has 0 unspecified atom stereocenters. The molecule has 166 valence electrons. The molecular formula is C25H32N2O3S. The first-order valence-electron chi connectivity index (χ1n) is 11.1. The van der Waals surface area contributed by atoms with Gasteiger partial charge in [-0.15, -0.1) is 11.8 Å². The Bertz CT molecular complexity index is 885. The Morgan fingerprint density at radius 1 is 1.16 bits per heavy atom. The molecule has 2 aromatic rings. The second kappa shape index (κ2) is 11.2. The maximum Gasteiger partial charge on any atom is 0.238 e. The van der Waals surface area contributed by atoms with Crippen molar-refractivity contribution in [3.05, 3.63) is 54.1 Å². The minimum atomic E-state index is -0.119. The van der Waals surface area contributed by atoms with E-state index >= 15 is 0 Å². The van der Waals surface area contributed by atoms with Gasteiger partial charge in [-0.2, -0.15) is 0 Å². The van der Waals surface area contributed by atoms with Gasteiger partial charge in [-0.3, -0.25) is 14.5 Å². The number of hydrogen-bond donors (Lipinski definition) is 1. The lowest BCUT2D eigenvalue weighted by Crippen LogP contribution is -2.28. The first-order chi connectivity index (χ1) is 15.1. The predicted molar refractivity (Wildman–Crippen MR) is 129 cm³/mol. The van der Waals surface area contributed by atoms with E-state index in [2.05, 4.69) is 19.2 Å². The molecule has 0 saturated carbocycles. The number of nitrogens with one attached hydrogen (secondary N) is 1. The van der Waals surface area contributed by atoms with Gasteiger partial charge in [-0.05, 0) is 49.6 Å². The molecule has 1 heterocycles. The smallest absolute Gasteiger partial charge is 0.238 e. The minimum absolute atomic E-state index is 0.0493. The Morgan fingerprint density at radius 2 is 1.90 bits per heavy atom. The van der Waals surface area contributed by atoms with Crippen LogP contribution in [0.15, 0.2) is 48.5 Å². The summed E-state index contributed by atoms with van der Waals surface area (Å²) < 4.78 is 5.76. The van der Waals surface area contributed by atoms with Crippen molar-refractivity contribution in [3.8, 4) is 5.75 Å². The van der Waals surface area contributed by atoms with E-state index in [1.165, 1.54) is 0 Å². The molecule has 0 bridgehead atoms. The van der Waals surface area contributed by atoms with Crippen LogP contribution in [0.1, 0.15) is 57.4 Å². The highest BCUT2D eigenvalue weighted by molar-refractivity contribution is 8.00. The number of carbonyl (C=O) groups is 2. The Morgan fingerprint density at radius 3 is 2.58 bits per heavy atom. The molecule has 31 heavy (non-hydrogen) atoms. The van der Waals surface area contributed by atoms with Crippen LogP contribution in [0.4, 0.5) is 11.4 Å². The fraction of sp³-hybridized carbons (Fsp3) is 0.440. The van der Waals surface area contributed by atoms with Crippen LogP contribution in [0, 0.1) is 5.92 Å². The van der Waals surface area contributed by atoms with E-state index in [0.717, 1.165) is 42.6 Å². The average molecular weight is 441 g/mol. The molecule has 0 aromatic heterocycles. The van der Waals surface area contributed by atoms with Crippen molar-refractivity contribution in [3.63, 3.8) is 0 Å². The number of anilines is 2. The van der Waals surface area contributed by atoms with Gasteiger partial charge in [-0.25, -0.2) is 0 Å². The molecule has 1 aliphatic rings. The molecular weight excluding hydrogens is 408 g/mol. The molecule has 0 spiro atoms. The molecule has 1 fully saturated rings. The van der Waals surface area contributed by atoms with E-state index in [0.29, 0.717) is 18.1 Å². The van der Waals surface area contributed by atoms with E-state index in [1.807, 2.05) is 60.4 Å². The van der Waals surface area contributed by atoms with E-state index in [4.69, 9.17) is 4.74 Å². The van der Waals surface area contributed by atoms with Crippen molar-refractivity contribution < 1.29 is 14.3 Å². The number of carbonyl (C=O) groups excluding carboxylic acids is 2. The zero-order valence-corrected chi connectivity index (χ0v) is 19.4. The van der Waals surface area contributed by atoms with Crippen LogP contribution in [-0.2, 0) is 9.59 Å². The second-order valence-electron chi connectivity index (χ2n) is 7.69. The number of hydrogen-bond acceptors (Lipinski definition) is 4. The second-order valence-corrected chi connectivity index (χ2v) is 8.76. The number of nitrogens with zero attached hydrogens (tertiary/aromatic N) is 1.